The quantitative estimate of drug-likeness (QED) is 0.704. The third-order valence-electron chi connectivity index (χ3n) is 3.39. The maximum atomic E-state index is 12.0. The fraction of sp³-hybridized carbons (Fsp3) is 0.176. The van der Waals surface area contributed by atoms with Crippen LogP contribution in [0.25, 0.3) is 10.9 Å². The minimum Gasteiger partial charge on any atom is -0.301 e. The van der Waals surface area contributed by atoms with Gasteiger partial charge in [-0.2, -0.15) is 5.26 Å². The lowest BCUT2D eigenvalue weighted by atomic mass is 10.1. The Labute approximate surface area is 147 Å². The summed E-state index contributed by atoms with van der Waals surface area (Å²) in [6.45, 7) is 2.09. The van der Waals surface area contributed by atoms with E-state index in [1.807, 2.05) is 24.3 Å². The highest BCUT2D eigenvalue weighted by molar-refractivity contribution is 8.00. The van der Waals surface area contributed by atoms with Crippen LogP contribution >= 0.6 is 23.1 Å². The van der Waals surface area contributed by atoms with E-state index in [9.17, 15) is 10.1 Å². The van der Waals surface area contributed by atoms with Gasteiger partial charge in [-0.3, -0.25) is 4.79 Å². The number of anilines is 1. The molecule has 2 heterocycles. The molecule has 0 atom stereocenters. The van der Waals surface area contributed by atoms with Crippen LogP contribution in [0.1, 0.15) is 18.1 Å². The van der Waals surface area contributed by atoms with Crippen molar-refractivity contribution in [1.29, 1.82) is 5.26 Å². The minimum absolute atomic E-state index is 0.165. The molecule has 0 fully saturated rings. The molecule has 7 heteroatoms. The first-order chi connectivity index (χ1) is 11.7. The maximum Gasteiger partial charge on any atom is 0.236 e. The summed E-state index contributed by atoms with van der Waals surface area (Å²) in [5.41, 5.74) is 2.52. The van der Waals surface area contributed by atoms with E-state index >= 15 is 0 Å². The van der Waals surface area contributed by atoms with Crippen LogP contribution in [0.5, 0.6) is 0 Å². The number of nitrogens with zero attached hydrogens (tertiary/aromatic N) is 3. The summed E-state index contributed by atoms with van der Waals surface area (Å²) < 4.78 is 0. The second kappa shape index (κ2) is 7.43. The molecule has 3 aromatic rings. The van der Waals surface area contributed by atoms with Gasteiger partial charge in [0.25, 0.3) is 0 Å². The Kier molecular flexibility index (Phi) is 5.08. The number of pyridine rings is 1. The van der Waals surface area contributed by atoms with Crippen LogP contribution in [0.3, 0.4) is 0 Å². The third-order valence-corrected chi connectivity index (χ3v) is 5.07. The maximum absolute atomic E-state index is 12.0. The van der Waals surface area contributed by atoms with Gasteiger partial charge in [-0.1, -0.05) is 24.8 Å². The van der Waals surface area contributed by atoms with Gasteiger partial charge in [0.2, 0.25) is 5.91 Å². The van der Waals surface area contributed by atoms with E-state index in [1.54, 1.807) is 11.6 Å². The van der Waals surface area contributed by atoms with Gasteiger partial charge < -0.3 is 5.32 Å². The number of rotatable bonds is 5. The van der Waals surface area contributed by atoms with Gasteiger partial charge in [0.1, 0.15) is 11.1 Å². The van der Waals surface area contributed by atoms with Gasteiger partial charge >= 0.3 is 0 Å². The molecule has 5 nitrogen and oxygen atoms in total. The number of thiazole rings is 1. The van der Waals surface area contributed by atoms with E-state index in [0.717, 1.165) is 17.3 Å². The normalized spacial score (nSPS) is 10.5. The lowest BCUT2D eigenvalue weighted by molar-refractivity contribution is -0.113. The number of aryl methyl sites for hydroxylation is 1. The van der Waals surface area contributed by atoms with Crippen LogP contribution in [-0.4, -0.2) is 21.6 Å². The van der Waals surface area contributed by atoms with Crippen molar-refractivity contribution in [3.05, 3.63) is 47.0 Å². The number of nitrogens with one attached hydrogen (secondary N) is 1. The second-order valence-electron chi connectivity index (χ2n) is 5.01. The summed E-state index contributed by atoms with van der Waals surface area (Å²) in [5, 5.41) is 16.0. The molecule has 0 saturated heterocycles. The monoisotopic (exact) mass is 354 g/mol. The molecular formula is C17H14N4OS2. The van der Waals surface area contributed by atoms with Crippen LogP contribution in [0.15, 0.2) is 40.9 Å². The minimum atomic E-state index is -0.165. The molecule has 1 amide bonds. The zero-order valence-corrected chi connectivity index (χ0v) is 14.6. The highest BCUT2D eigenvalue weighted by Gasteiger charge is 2.11. The number of thioether (sulfide) groups is 1. The van der Waals surface area contributed by atoms with Crippen LogP contribution in [0, 0.1) is 11.3 Å². The topological polar surface area (TPSA) is 78.7 Å². The number of aromatic nitrogens is 2. The predicted molar refractivity (Wildman–Crippen MR) is 97.3 cm³/mol. The standard InChI is InChI=1S/C17H14N4OS2/c1-2-11-3-4-14-12(7-11)8-13(9-18)16(20-14)24-10-15(22)21-17-19-5-6-23-17/h3-8H,2,10H2,1H3,(H,19,21,22). The Morgan fingerprint density at radius 3 is 3.00 bits per heavy atom. The highest BCUT2D eigenvalue weighted by atomic mass is 32.2. The zero-order valence-electron chi connectivity index (χ0n) is 12.9. The fourth-order valence-corrected chi connectivity index (χ4v) is 3.50. The molecule has 24 heavy (non-hydrogen) atoms. The first-order valence-corrected chi connectivity index (χ1v) is 9.22. The van der Waals surface area contributed by atoms with E-state index < -0.39 is 0 Å². The van der Waals surface area contributed by atoms with E-state index in [2.05, 4.69) is 28.3 Å². The average Bonchev–Trinajstić information content (AvgIpc) is 3.11. The molecule has 3 rings (SSSR count). The fourth-order valence-electron chi connectivity index (χ4n) is 2.19. The van der Waals surface area contributed by atoms with Crippen molar-refractivity contribution >= 4 is 45.0 Å². The zero-order chi connectivity index (χ0) is 16.9. The summed E-state index contributed by atoms with van der Waals surface area (Å²) in [5.74, 6) is 0.0156. The van der Waals surface area contributed by atoms with Gasteiger partial charge in [0, 0.05) is 17.0 Å². The number of nitriles is 1. The highest BCUT2D eigenvalue weighted by Crippen LogP contribution is 2.25. The summed E-state index contributed by atoms with van der Waals surface area (Å²) >= 11 is 2.62. The molecule has 0 aliphatic carbocycles. The van der Waals surface area contributed by atoms with Crippen molar-refractivity contribution in [2.24, 2.45) is 0 Å². The van der Waals surface area contributed by atoms with Gasteiger partial charge in [-0.25, -0.2) is 9.97 Å². The van der Waals surface area contributed by atoms with E-state index in [4.69, 9.17) is 0 Å². The molecule has 1 N–H and O–H groups in total. The molecular weight excluding hydrogens is 340 g/mol. The molecule has 120 valence electrons. The number of hydrogen-bond acceptors (Lipinski definition) is 6. The smallest absolute Gasteiger partial charge is 0.236 e. The Morgan fingerprint density at radius 1 is 1.42 bits per heavy atom. The molecule has 1 aromatic carbocycles. The molecule has 0 unspecified atom stereocenters. The van der Waals surface area contributed by atoms with Crippen molar-refractivity contribution in [3.8, 4) is 6.07 Å². The van der Waals surface area contributed by atoms with Crippen molar-refractivity contribution in [3.63, 3.8) is 0 Å². The molecule has 2 aromatic heterocycles. The lowest BCUT2D eigenvalue weighted by Crippen LogP contribution is -2.14. The summed E-state index contributed by atoms with van der Waals surface area (Å²) in [6, 6.07) is 10.0. The Balaban J connectivity index is 1.78. The molecule has 0 radical (unpaired) electrons. The third kappa shape index (κ3) is 3.72. The summed E-state index contributed by atoms with van der Waals surface area (Å²) in [6.07, 6.45) is 2.57. The van der Waals surface area contributed by atoms with Crippen molar-refractivity contribution in [1.82, 2.24) is 9.97 Å². The van der Waals surface area contributed by atoms with Gasteiger partial charge in [-0.05, 0) is 30.2 Å². The van der Waals surface area contributed by atoms with Crippen molar-refractivity contribution in [2.45, 2.75) is 18.4 Å². The van der Waals surface area contributed by atoms with Gasteiger partial charge in [-0.15, -0.1) is 11.3 Å². The number of carbonyl (C=O) groups excluding carboxylic acids is 1. The second-order valence-corrected chi connectivity index (χ2v) is 6.87. The Bertz CT molecular complexity index is 916. The molecule has 0 aliphatic heterocycles. The average molecular weight is 354 g/mol. The number of carbonyl (C=O) groups is 1. The number of hydrogen-bond donors (Lipinski definition) is 1. The van der Waals surface area contributed by atoms with Crippen LogP contribution in [0.2, 0.25) is 0 Å². The number of amides is 1. The van der Waals surface area contributed by atoms with Gasteiger partial charge in [0.15, 0.2) is 5.13 Å². The summed E-state index contributed by atoms with van der Waals surface area (Å²) in [7, 11) is 0. The Hall–Kier alpha value is -2.43. The first kappa shape index (κ1) is 16.4. The van der Waals surface area contributed by atoms with Crippen LogP contribution in [0.4, 0.5) is 5.13 Å². The van der Waals surface area contributed by atoms with E-state index in [-0.39, 0.29) is 11.7 Å². The predicted octanol–water partition coefficient (Wildman–Crippen LogP) is 3.86. The summed E-state index contributed by atoms with van der Waals surface area (Å²) in [4.78, 5) is 20.5. The molecule has 0 aliphatic rings. The van der Waals surface area contributed by atoms with E-state index in [0.29, 0.717) is 15.7 Å². The largest absolute Gasteiger partial charge is 0.301 e. The molecule has 0 spiro atoms. The van der Waals surface area contributed by atoms with Gasteiger partial charge in [0.05, 0.1) is 16.8 Å². The number of benzene rings is 1. The number of fused-ring (bicyclic) bond motifs is 1. The Morgan fingerprint density at radius 2 is 2.29 bits per heavy atom. The molecule has 0 bridgehead atoms. The van der Waals surface area contributed by atoms with Crippen molar-refractivity contribution < 1.29 is 4.79 Å². The lowest BCUT2D eigenvalue weighted by Gasteiger charge is -2.07. The van der Waals surface area contributed by atoms with E-state index in [1.165, 1.54) is 28.7 Å². The molecule has 0 saturated carbocycles. The SMILES string of the molecule is CCc1ccc2nc(SCC(=O)Nc3nccs3)c(C#N)cc2c1. The van der Waals surface area contributed by atoms with Crippen LogP contribution < -0.4 is 5.32 Å². The van der Waals surface area contributed by atoms with Crippen LogP contribution in [-0.2, 0) is 11.2 Å². The first-order valence-electron chi connectivity index (χ1n) is 7.35. The van der Waals surface area contributed by atoms with Crippen molar-refractivity contribution in [2.75, 3.05) is 11.1 Å².